The first-order chi connectivity index (χ1) is 6.04. The summed E-state index contributed by atoms with van der Waals surface area (Å²) in [5, 5.41) is 8.68. The molecule has 14 heavy (non-hydrogen) atoms. The maximum Gasteiger partial charge on any atom is 0.337 e. The zero-order valence-corrected chi connectivity index (χ0v) is 8.30. The second-order valence-corrected chi connectivity index (χ2v) is 2.63. The fourth-order valence-corrected chi connectivity index (χ4v) is 1.06. The molecule has 0 spiro atoms. The van der Waals surface area contributed by atoms with Crippen LogP contribution in [0.15, 0.2) is 18.2 Å². The average Bonchev–Trinajstić information content (AvgIpc) is 2.03. The predicted octanol–water partition coefficient (Wildman–Crippen LogP) is 1.59. The van der Waals surface area contributed by atoms with Gasteiger partial charge in [0, 0.05) is 5.56 Å². The highest BCUT2D eigenvalue weighted by molar-refractivity contribution is 6.05. The normalized spacial score (nSPS) is 8.93. The molecule has 0 aliphatic carbocycles. The van der Waals surface area contributed by atoms with Gasteiger partial charge in [0.15, 0.2) is 5.78 Å². The first-order valence-electron chi connectivity index (χ1n) is 3.66. The number of Topliss-reactive ketones (excluding diaryl/α,β-unsaturated/α-hetero) is 1. The number of nitrogen functional groups attached to an aromatic ring is 1. The summed E-state index contributed by atoms with van der Waals surface area (Å²) in [5.74, 6) is -1.36. The third-order valence-corrected chi connectivity index (χ3v) is 1.72. The summed E-state index contributed by atoms with van der Waals surface area (Å²) in [6.45, 7) is 1.34. The van der Waals surface area contributed by atoms with Gasteiger partial charge in [-0.2, -0.15) is 0 Å². The van der Waals surface area contributed by atoms with Gasteiger partial charge in [-0.3, -0.25) is 4.79 Å². The summed E-state index contributed by atoms with van der Waals surface area (Å²) < 4.78 is 0. The number of anilines is 1. The third-order valence-electron chi connectivity index (χ3n) is 1.72. The SMILES string of the molecule is CC(=O)c1cccc(C(=O)O)c1N.Cl. The molecule has 76 valence electrons. The molecule has 0 bridgehead atoms. The number of hydrogen-bond donors (Lipinski definition) is 2. The zero-order valence-electron chi connectivity index (χ0n) is 7.48. The minimum Gasteiger partial charge on any atom is -0.478 e. The number of carboxylic acids is 1. The van der Waals surface area contributed by atoms with Crippen LogP contribution in [0.3, 0.4) is 0 Å². The van der Waals surface area contributed by atoms with Gasteiger partial charge in [0.1, 0.15) is 0 Å². The van der Waals surface area contributed by atoms with Crippen molar-refractivity contribution in [3.8, 4) is 0 Å². The van der Waals surface area contributed by atoms with E-state index in [0.717, 1.165) is 0 Å². The maximum absolute atomic E-state index is 11.0. The molecule has 0 saturated carbocycles. The molecule has 0 amide bonds. The van der Waals surface area contributed by atoms with Gasteiger partial charge in [-0.15, -0.1) is 12.4 Å². The lowest BCUT2D eigenvalue weighted by Crippen LogP contribution is -2.07. The van der Waals surface area contributed by atoms with Crippen molar-refractivity contribution in [2.24, 2.45) is 0 Å². The van der Waals surface area contributed by atoms with Crippen molar-refractivity contribution in [2.75, 3.05) is 5.73 Å². The lowest BCUT2D eigenvalue weighted by molar-refractivity contribution is 0.0698. The van der Waals surface area contributed by atoms with Crippen LogP contribution in [0.5, 0.6) is 0 Å². The Hall–Kier alpha value is -1.55. The Balaban J connectivity index is 0.00000169. The summed E-state index contributed by atoms with van der Waals surface area (Å²) in [6, 6.07) is 4.37. The predicted molar refractivity (Wildman–Crippen MR) is 55.1 cm³/mol. The van der Waals surface area contributed by atoms with Crippen LogP contribution in [-0.4, -0.2) is 16.9 Å². The molecule has 0 saturated heterocycles. The molecule has 1 aromatic rings. The standard InChI is InChI=1S/C9H9NO3.ClH/c1-5(11)6-3-2-4-7(8(6)10)9(12)13;/h2-4H,10H2,1H3,(H,12,13);1H. The lowest BCUT2D eigenvalue weighted by atomic mass is 10.0. The van der Waals surface area contributed by atoms with Crippen molar-refractivity contribution in [1.82, 2.24) is 0 Å². The minimum atomic E-state index is -1.12. The molecule has 0 fully saturated rings. The van der Waals surface area contributed by atoms with Crippen LogP contribution in [-0.2, 0) is 0 Å². The van der Waals surface area contributed by atoms with E-state index in [1.165, 1.54) is 25.1 Å². The monoisotopic (exact) mass is 215 g/mol. The van der Waals surface area contributed by atoms with Gasteiger partial charge in [-0.1, -0.05) is 6.07 Å². The van der Waals surface area contributed by atoms with E-state index in [4.69, 9.17) is 10.8 Å². The quantitative estimate of drug-likeness (QED) is 0.580. The second-order valence-electron chi connectivity index (χ2n) is 2.63. The molecule has 1 aromatic carbocycles. The summed E-state index contributed by atoms with van der Waals surface area (Å²) >= 11 is 0. The van der Waals surface area contributed by atoms with Crippen molar-refractivity contribution < 1.29 is 14.7 Å². The van der Waals surface area contributed by atoms with Gasteiger partial charge in [-0.05, 0) is 19.1 Å². The van der Waals surface area contributed by atoms with Crippen molar-refractivity contribution in [1.29, 1.82) is 0 Å². The third kappa shape index (κ3) is 2.23. The van der Waals surface area contributed by atoms with E-state index in [1.54, 1.807) is 0 Å². The van der Waals surface area contributed by atoms with Crippen LogP contribution >= 0.6 is 12.4 Å². The Morgan fingerprint density at radius 3 is 2.21 bits per heavy atom. The Kier molecular flexibility index (Phi) is 4.11. The molecule has 0 aliphatic heterocycles. The fraction of sp³-hybridized carbons (Fsp3) is 0.111. The molecule has 4 nitrogen and oxygen atoms in total. The van der Waals surface area contributed by atoms with E-state index in [-0.39, 0.29) is 35.0 Å². The molecular weight excluding hydrogens is 206 g/mol. The summed E-state index contributed by atoms with van der Waals surface area (Å²) in [6.07, 6.45) is 0. The van der Waals surface area contributed by atoms with E-state index in [0.29, 0.717) is 0 Å². The van der Waals surface area contributed by atoms with Crippen molar-refractivity contribution in [2.45, 2.75) is 6.92 Å². The number of aromatic carboxylic acids is 1. The van der Waals surface area contributed by atoms with E-state index in [1.807, 2.05) is 0 Å². The first-order valence-corrected chi connectivity index (χ1v) is 3.66. The molecule has 0 radical (unpaired) electrons. The van der Waals surface area contributed by atoms with Crippen LogP contribution in [0, 0.1) is 0 Å². The molecule has 3 N–H and O–H groups in total. The molecule has 0 aliphatic rings. The number of carbonyl (C=O) groups excluding carboxylic acids is 1. The van der Waals surface area contributed by atoms with Crippen molar-refractivity contribution in [3.05, 3.63) is 29.3 Å². The van der Waals surface area contributed by atoms with Crippen LogP contribution in [0.1, 0.15) is 27.6 Å². The number of rotatable bonds is 2. The lowest BCUT2D eigenvalue weighted by Gasteiger charge is -2.04. The van der Waals surface area contributed by atoms with Gasteiger partial charge < -0.3 is 10.8 Å². The van der Waals surface area contributed by atoms with Crippen molar-refractivity contribution in [3.63, 3.8) is 0 Å². The summed E-state index contributed by atoms with van der Waals surface area (Å²) in [4.78, 5) is 21.6. The van der Waals surface area contributed by atoms with Crippen LogP contribution < -0.4 is 5.73 Å². The average molecular weight is 216 g/mol. The number of carboxylic acid groups (broad SMARTS) is 1. The van der Waals surface area contributed by atoms with E-state index >= 15 is 0 Å². The molecule has 5 heteroatoms. The number of nitrogens with two attached hydrogens (primary N) is 1. The van der Waals surface area contributed by atoms with Crippen LogP contribution in [0.4, 0.5) is 5.69 Å². The smallest absolute Gasteiger partial charge is 0.337 e. The molecule has 0 unspecified atom stereocenters. The molecule has 0 heterocycles. The Morgan fingerprint density at radius 1 is 1.29 bits per heavy atom. The number of ketones is 1. The van der Waals surface area contributed by atoms with Gasteiger partial charge in [0.05, 0.1) is 11.3 Å². The van der Waals surface area contributed by atoms with Gasteiger partial charge in [0.25, 0.3) is 0 Å². The highest BCUT2D eigenvalue weighted by Gasteiger charge is 2.12. The van der Waals surface area contributed by atoms with Crippen molar-refractivity contribution >= 4 is 29.8 Å². The first kappa shape index (κ1) is 12.4. The fourth-order valence-electron chi connectivity index (χ4n) is 1.06. The maximum atomic E-state index is 11.0. The van der Waals surface area contributed by atoms with Crippen LogP contribution in [0.25, 0.3) is 0 Å². The van der Waals surface area contributed by atoms with E-state index < -0.39 is 5.97 Å². The van der Waals surface area contributed by atoms with Gasteiger partial charge >= 0.3 is 5.97 Å². The Morgan fingerprint density at radius 2 is 1.79 bits per heavy atom. The highest BCUT2D eigenvalue weighted by atomic mass is 35.5. The molecule has 0 aromatic heterocycles. The van der Waals surface area contributed by atoms with Gasteiger partial charge in [0.2, 0.25) is 0 Å². The van der Waals surface area contributed by atoms with E-state index in [2.05, 4.69) is 0 Å². The number of benzene rings is 1. The van der Waals surface area contributed by atoms with Crippen LogP contribution in [0.2, 0.25) is 0 Å². The number of para-hydroxylation sites is 1. The number of halogens is 1. The van der Waals surface area contributed by atoms with Gasteiger partial charge in [-0.25, -0.2) is 4.79 Å². The molecule has 1 rings (SSSR count). The highest BCUT2D eigenvalue weighted by Crippen LogP contribution is 2.17. The molecular formula is C9H10ClNO3. The number of carbonyl (C=O) groups is 2. The number of hydrogen-bond acceptors (Lipinski definition) is 3. The second kappa shape index (κ2) is 4.62. The largest absolute Gasteiger partial charge is 0.478 e. The topological polar surface area (TPSA) is 80.4 Å². The Bertz CT molecular complexity index is 344. The minimum absolute atomic E-state index is 0. The zero-order chi connectivity index (χ0) is 10.0. The van der Waals surface area contributed by atoms with E-state index in [9.17, 15) is 9.59 Å². The summed E-state index contributed by atoms with van der Waals surface area (Å²) in [7, 11) is 0. The summed E-state index contributed by atoms with van der Waals surface area (Å²) in [5.41, 5.74) is 5.73. The molecule has 0 atom stereocenters. The Labute approximate surface area is 87.1 Å².